The van der Waals surface area contributed by atoms with Gasteiger partial charge in [-0.2, -0.15) is 0 Å². The molecule has 2 aliphatic carbocycles. The minimum atomic E-state index is -0.842. The Balaban J connectivity index is 1.88. The van der Waals surface area contributed by atoms with Gasteiger partial charge in [-0.05, 0) is 44.9 Å². The van der Waals surface area contributed by atoms with Crippen molar-refractivity contribution in [3.8, 4) is 0 Å². The standard InChI is InChI=1S/C20H30O5/c1-6-11(2)17(21)25-16-7-8-20(5,23)15-9-13-12(3)18(22)24-14(13)10-19(15,16)4/h11,13-16,23H,3,6-10H2,1-2,4-5H3. The minimum absolute atomic E-state index is 0.0407. The van der Waals surface area contributed by atoms with Gasteiger partial charge in [0.05, 0.1) is 11.5 Å². The molecule has 3 rings (SSSR count). The van der Waals surface area contributed by atoms with Crippen LogP contribution in [0, 0.1) is 23.2 Å². The molecule has 25 heavy (non-hydrogen) atoms. The van der Waals surface area contributed by atoms with Gasteiger partial charge in [0.15, 0.2) is 0 Å². The van der Waals surface area contributed by atoms with Crippen molar-refractivity contribution in [1.82, 2.24) is 0 Å². The van der Waals surface area contributed by atoms with Crippen molar-refractivity contribution >= 4 is 11.9 Å². The normalized spacial score (nSPS) is 44.5. The fourth-order valence-electron chi connectivity index (χ4n) is 5.11. The summed E-state index contributed by atoms with van der Waals surface area (Å²) in [5.41, 5.74) is -0.733. The molecule has 140 valence electrons. The van der Waals surface area contributed by atoms with Gasteiger partial charge in [0, 0.05) is 16.9 Å². The first kappa shape index (κ1) is 18.4. The largest absolute Gasteiger partial charge is 0.462 e. The molecule has 0 radical (unpaired) electrons. The lowest BCUT2D eigenvalue weighted by Gasteiger charge is -2.57. The maximum absolute atomic E-state index is 12.4. The van der Waals surface area contributed by atoms with Gasteiger partial charge in [-0.25, -0.2) is 4.79 Å². The zero-order valence-electron chi connectivity index (χ0n) is 15.7. The molecule has 1 saturated heterocycles. The Bertz CT molecular complexity index is 595. The molecule has 0 aromatic carbocycles. The third-order valence-corrected chi connectivity index (χ3v) is 7.02. The monoisotopic (exact) mass is 350 g/mol. The first-order chi connectivity index (χ1) is 11.6. The van der Waals surface area contributed by atoms with Crippen molar-refractivity contribution in [2.24, 2.45) is 23.2 Å². The van der Waals surface area contributed by atoms with E-state index in [1.165, 1.54) is 0 Å². The van der Waals surface area contributed by atoms with Crippen LogP contribution in [0.2, 0.25) is 0 Å². The number of carbonyl (C=O) groups excluding carboxylic acids is 2. The second-order valence-corrected chi connectivity index (χ2v) is 8.70. The highest BCUT2D eigenvalue weighted by Crippen LogP contribution is 2.59. The SMILES string of the molecule is C=C1C(=O)OC2CC3(C)C(OC(=O)C(C)CC)CCC(C)(O)C3CC12. The zero-order valence-corrected chi connectivity index (χ0v) is 15.7. The van der Waals surface area contributed by atoms with Gasteiger partial charge in [-0.15, -0.1) is 0 Å². The van der Waals surface area contributed by atoms with Gasteiger partial charge in [0.1, 0.15) is 12.2 Å². The van der Waals surface area contributed by atoms with E-state index in [-0.39, 0.29) is 41.9 Å². The molecule has 0 amide bonds. The summed E-state index contributed by atoms with van der Waals surface area (Å²) in [5.74, 6) is -0.740. The molecule has 0 bridgehead atoms. The molecule has 7 atom stereocenters. The summed E-state index contributed by atoms with van der Waals surface area (Å²) >= 11 is 0. The molecule has 3 aliphatic rings. The van der Waals surface area contributed by atoms with E-state index in [2.05, 4.69) is 13.5 Å². The number of esters is 2. The molecule has 1 heterocycles. The molecule has 0 aromatic heterocycles. The number of aliphatic hydroxyl groups is 1. The number of rotatable bonds is 3. The highest BCUT2D eigenvalue weighted by Gasteiger charge is 2.61. The molecule has 0 spiro atoms. The smallest absolute Gasteiger partial charge is 0.334 e. The van der Waals surface area contributed by atoms with Gasteiger partial charge in [-0.1, -0.05) is 27.4 Å². The Morgan fingerprint density at radius 3 is 2.80 bits per heavy atom. The van der Waals surface area contributed by atoms with Crippen LogP contribution in [0.4, 0.5) is 0 Å². The Kier molecular flexibility index (Phi) is 4.51. The molecule has 7 unspecified atom stereocenters. The van der Waals surface area contributed by atoms with E-state index in [1.807, 2.05) is 20.8 Å². The van der Waals surface area contributed by atoms with E-state index in [0.29, 0.717) is 31.3 Å². The first-order valence-electron chi connectivity index (χ1n) is 9.42. The third-order valence-electron chi connectivity index (χ3n) is 7.02. The van der Waals surface area contributed by atoms with Crippen LogP contribution in [0.25, 0.3) is 0 Å². The van der Waals surface area contributed by atoms with Crippen LogP contribution in [0.3, 0.4) is 0 Å². The molecule has 5 heteroatoms. The summed E-state index contributed by atoms with van der Waals surface area (Å²) in [4.78, 5) is 24.3. The molecule has 1 aliphatic heterocycles. The third kappa shape index (κ3) is 2.90. The second kappa shape index (κ2) is 6.11. The van der Waals surface area contributed by atoms with Crippen LogP contribution in [0.1, 0.15) is 59.8 Å². The van der Waals surface area contributed by atoms with E-state index >= 15 is 0 Å². The first-order valence-corrected chi connectivity index (χ1v) is 9.42. The lowest BCUT2D eigenvalue weighted by molar-refractivity contribution is -0.208. The summed E-state index contributed by atoms with van der Waals surface area (Å²) in [5, 5.41) is 11.0. The van der Waals surface area contributed by atoms with Crippen LogP contribution < -0.4 is 0 Å². The van der Waals surface area contributed by atoms with Crippen molar-refractivity contribution in [1.29, 1.82) is 0 Å². The van der Waals surface area contributed by atoms with E-state index < -0.39 is 11.0 Å². The molecular formula is C20H30O5. The van der Waals surface area contributed by atoms with Crippen LogP contribution in [0.5, 0.6) is 0 Å². The van der Waals surface area contributed by atoms with Crippen molar-refractivity contribution in [2.45, 2.75) is 77.6 Å². The Morgan fingerprint density at radius 2 is 2.16 bits per heavy atom. The predicted octanol–water partition coefficient (Wildman–Crippen LogP) is 3.00. The minimum Gasteiger partial charge on any atom is -0.462 e. The quantitative estimate of drug-likeness (QED) is 0.626. The zero-order chi connectivity index (χ0) is 18.6. The van der Waals surface area contributed by atoms with Gasteiger partial charge in [0.25, 0.3) is 0 Å². The number of fused-ring (bicyclic) bond motifs is 2. The molecule has 3 fully saturated rings. The predicted molar refractivity (Wildman–Crippen MR) is 92.5 cm³/mol. The Hall–Kier alpha value is -1.36. The average Bonchev–Trinajstić information content (AvgIpc) is 2.81. The van der Waals surface area contributed by atoms with Crippen molar-refractivity contribution in [2.75, 3.05) is 0 Å². The van der Waals surface area contributed by atoms with Gasteiger partial charge < -0.3 is 14.6 Å². The summed E-state index contributed by atoms with van der Waals surface area (Å²) in [6, 6.07) is 0. The van der Waals surface area contributed by atoms with Crippen molar-refractivity contribution < 1.29 is 24.2 Å². The summed E-state index contributed by atoms with van der Waals surface area (Å²) in [7, 11) is 0. The summed E-state index contributed by atoms with van der Waals surface area (Å²) in [6.45, 7) is 11.7. The molecule has 5 nitrogen and oxygen atoms in total. The number of hydrogen-bond acceptors (Lipinski definition) is 5. The van der Waals surface area contributed by atoms with Crippen LogP contribution in [-0.4, -0.2) is 34.9 Å². The molecule has 1 N–H and O–H groups in total. The van der Waals surface area contributed by atoms with E-state index in [0.717, 1.165) is 6.42 Å². The van der Waals surface area contributed by atoms with E-state index in [1.54, 1.807) is 0 Å². The molecule has 0 aromatic rings. The van der Waals surface area contributed by atoms with Crippen molar-refractivity contribution in [3.05, 3.63) is 12.2 Å². The van der Waals surface area contributed by atoms with E-state index in [4.69, 9.17) is 9.47 Å². The van der Waals surface area contributed by atoms with E-state index in [9.17, 15) is 14.7 Å². The second-order valence-electron chi connectivity index (χ2n) is 8.70. The Labute approximate surface area is 149 Å². The average molecular weight is 350 g/mol. The topological polar surface area (TPSA) is 72.8 Å². The van der Waals surface area contributed by atoms with Gasteiger partial charge in [-0.3, -0.25) is 4.79 Å². The fraction of sp³-hybridized carbons (Fsp3) is 0.800. The summed E-state index contributed by atoms with van der Waals surface area (Å²) < 4.78 is 11.4. The lowest BCUT2D eigenvalue weighted by Crippen LogP contribution is -2.60. The van der Waals surface area contributed by atoms with Crippen LogP contribution in [-0.2, 0) is 19.1 Å². The Morgan fingerprint density at radius 1 is 1.48 bits per heavy atom. The van der Waals surface area contributed by atoms with Crippen molar-refractivity contribution in [3.63, 3.8) is 0 Å². The number of ether oxygens (including phenoxy) is 2. The van der Waals surface area contributed by atoms with Crippen LogP contribution in [0.15, 0.2) is 12.2 Å². The highest BCUT2D eigenvalue weighted by atomic mass is 16.6. The highest BCUT2D eigenvalue weighted by molar-refractivity contribution is 5.90. The lowest BCUT2D eigenvalue weighted by atomic mass is 9.51. The fourth-order valence-corrected chi connectivity index (χ4v) is 5.11. The molecule has 2 saturated carbocycles. The number of carbonyl (C=O) groups is 2. The number of hydrogen-bond donors (Lipinski definition) is 1. The summed E-state index contributed by atoms with van der Waals surface area (Å²) in [6.07, 6.45) is 2.73. The van der Waals surface area contributed by atoms with Gasteiger partial charge >= 0.3 is 11.9 Å². The maximum Gasteiger partial charge on any atom is 0.334 e. The van der Waals surface area contributed by atoms with Gasteiger partial charge in [0.2, 0.25) is 0 Å². The maximum atomic E-state index is 12.4. The van der Waals surface area contributed by atoms with Crippen LogP contribution >= 0.6 is 0 Å². The molecular weight excluding hydrogens is 320 g/mol.